The van der Waals surface area contributed by atoms with Gasteiger partial charge in [0.05, 0.1) is 11.8 Å². The number of carboxylic acid groups (broad SMARTS) is 1. The van der Waals surface area contributed by atoms with E-state index < -0.39 is 17.8 Å². The number of hydrogen-bond acceptors (Lipinski definition) is 4. The molecule has 1 aromatic rings. The third-order valence-electron chi connectivity index (χ3n) is 3.10. The zero-order chi connectivity index (χ0) is 13.1. The Bertz CT molecular complexity index is 505. The fourth-order valence-corrected chi connectivity index (χ4v) is 2.20. The van der Waals surface area contributed by atoms with Gasteiger partial charge >= 0.3 is 5.97 Å². The fraction of sp³-hybridized carbons (Fsp3) is 0.455. The molecule has 18 heavy (non-hydrogen) atoms. The summed E-state index contributed by atoms with van der Waals surface area (Å²) < 4.78 is 0. The highest BCUT2D eigenvalue weighted by atomic mass is 16.4. The molecule has 1 heterocycles. The van der Waals surface area contributed by atoms with Crippen LogP contribution in [0.1, 0.15) is 19.3 Å². The van der Waals surface area contributed by atoms with Crippen LogP contribution in [0.15, 0.2) is 16.9 Å². The van der Waals surface area contributed by atoms with Crippen molar-refractivity contribution in [3.8, 4) is 0 Å². The smallest absolute Gasteiger partial charge is 0.307 e. The summed E-state index contributed by atoms with van der Waals surface area (Å²) in [5, 5.41) is 17.3. The maximum absolute atomic E-state index is 11.9. The van der Waals surface area contributed by atoms with Gasteiger partial charge in [-0.25, -0.2) is 5.10 Å². The second kappa shape index (κ2) is 4.99. The molecular formula is C11H13N3O4. The molecule has 1 fully saturated rings. The molecule has 0 spiro atoms. The molecule has 0 bridgehead atoms. The molecule has 0 aliphatic heterocycles. The Labute approximate surface area is 102 Å². The number of nitrogens with one attached hydrogen (secondary N) is 2. The topological polar surface area (TPSA) is 112 Å². The highest BCUT2D eigenvalue weighted by Gasteiger charge is 2.37. The Balaban J connectivity index is 2.05. The van der Waals surface area contributed by atoms with Gasteiger partial charge < -0.3 is 10.4 Å². The summed E-state index contributed by atoms with van der Waals surface area (Å²) in [4.78, 5) is 33.7. The maximum Gasteiger partial charge on any atom is 0.307 e. The molecule has 0 radical (unpaired) electrons. The molecule has 1 aliphatic rings. The molecule has 96 valence electrons. The van der Waals surface area contributed by atoms with Gasteiger partial charge in [0.25, 0.3) is 5.56 Å². The van der Waals surface area contributed by atoms with Crippen molar-refractivity contribution < 1.29 is 14.7 Å². The highest BCUT2D eigenvalue weighted by Crippen LogP contribution is 2.32. The van der Waals surface area contributed by atoms with Crippen LogP contribution in [0.5, 0.6) is 0 Å². The first kappa shape index (κ1) is 12.3. The van der Waals surface area contributed by atoms with Crippen LogP contribution in [0.3, 0.4) is 0 Å². The minimum atomic E-state index is -0.943. The van der Waals surface area contributed by atoms with Gasteiger partial charge in [-0.1, -0.05) is 6.42 Å². The predicted molar refractivity (Wildman–Crippen MR) is 62.0 cm³/mol. The van der Waals surface area contributed by atoms with Crippen LogP contribution in [0, 0.1) is 11.8 Å². The Kier molecular flexibility index (Phi) is 3.40. The highest BCUT2D eigenvalue weighted by molar-refractivity contribution is 5.94. The zero-order valence-electron chi connectivity index (χ0n) is 9.55. The second-order valence-corrected chi connectivity index (χ2v) is 4.28. The van der Waals surface area contributed by atoms with E-state index in [1.54, 1.807) is 0 Å². The van der Waals surface area contributed by atoms with Gasteiger partial charge in [-0.2, -0.15) is 5.10 Å². The van der Waals surface area contributed by atoms with Crippen LogP contribution < -0.4 is 10.9 Å². The predicted octanol–water partition coefficient (Wildman–Crippen LogP) is 0.209. The first-order chi connectivity index (χ1) is 8.58. The largest absolute Gasteiger partial charge is 0.481 e. The number of aromatic amines is 1. The summed E-state index contributed by atoms with van der Waals surface area (Å²) in [6.45, 7) is 0. The van der Waals surface area contributed by atoms with E-state index in [0.29, 0.717) is 12.8 Å². The van der Waals surface area contributed by atoms with Gasteiger partial charge in [0.15, 0.2) is 5.82 Å². The van der Waals surface area contributed by atoms with Crippen molar-refractivity contribution >= 4 is 17.7 Å². The van der Waals surface area contributed by atoms with E-state index in [0.717, 1.165) is 6.42 Å². The van der Waals surface area contributed by atoms with Crippen molar-refractivity contribution in [1.29, 1.82) is 0 Å². The summed E-state index contributed by atoms with van der Waals surface area (Å²) >= 11 is 0. The molecule has 7 heteroatoms. The van der Waals surface area contributed by atoms with E-state index in [2.05, 4.69) is 15.5 Å². The van der Waals surface area contributed by atoms with Crippen LogP contribution in [0.25, 0.3) is 0 Å². The molecule has 2 unspecified atom stereocenters. The number of aromatic nitrogens is 2. The second-order valence-electron chi connectivity index (χ2n) is 4.28. The summed E-state index contributed by atoms with van der Waals surface area (Å²) in [6, 6.07) is 2.62. The average molecular weight is 251 g/mol. The van der Waals surface area contributed by atoms with Gasteiger partial charge in [-0.3, -0.25) is 14.4 Å². The standard InChI is InChI=1S/C11H13N3O4/c15-9-5-4-8(13-14-9)12-10(16)6-2-1-3-7(6)11(17)18/h4-7H,1-3H2,(H,14,15)(H,17,18)(H,12,13,16). The number of carbonyl (C=O) groups excluding carboxylic acids is 1. The number of amides is 1. The van der Waals surface area contributed by atoms with Crippen molar-refractivity contribution in [2.24, 2.45) is 11.8 Å². The summed E-state index contributed by atoms with van der Waals surface area (Å²) in [5.74, 6) is -2.25. The minimum Gasteiger partial charge on any atom is -0.481 e. The Morgan fingerprint density at radius 1 is 1.33 bits per heavy atom. The van der Waals surface area contributed by atoms with Crippen LogP contribution in [-0.4, -0.2) is 27.2 Å². The molecule has 1 saturated carbocycles. The number of carboxylic acids is 1. The number of aliphatic carboxylic acids is 1. The summed E-state index contributed by atoms with van der Waals surface area (Å²) in [7, 11) is 0. The van der Waals surface area contributed by atoms with Crippen LogP contribution in [0.4, 0.5) is 5.82 Å². The van der Waals surface area contributed by atoms with Crippen molar-refractivity contribution in [1.82, 2.24) is 10.2 Å². The lowest BCUT2D eigenvalue weighted by molar-refractivity contribution is -0.145. The molecule has 2 atom stereocenters. The Morgan fingerprint density at radius 3 is 2.67 bits per heavy atom. The van der Waals surface area contributed by atoms with Crippen LogP contribution in [0.2, 0.25) is 0 Å². The molecular weight excluding hydrogens is 238 g/mol. The number of rotatable bonds is 3. The number of nitrogens with zero attached hydrogens (tertiary/aromatic N) is 1. The average Bonchev–Trinajstić information content (AvgIpc) is 2.81. The van der Waals surface area contributed by atoms with Gasteiger partial charge in [-0.15, -0.1) is 0 Å². The van der Waals surface area contributed by atoms with E-state index in [1.165, 1.54) is 12.1 Å². The third kappa shape index (κ3) is 2.55. The molecule has 7 nitrogen and oxygen atoms in total. The van der Waals surface area contributed by atoms with Gasteiger partial charge in [-0.05, 0) is 18.9 Å². The lowest BCUT2D eigenvalue weighted by atomic mass is 9.95. The lowest BCUT2D eigenvalue weighted by Crippen LogP contribution is -2.30. The number of anilines is 1. The lowest BCUT2D eigenvalue weighted by Gasteiger charge is -2.14. The molecule has 0 aromatic carbocycles. The summed E-state index contributed by atoms with van der Waals surface area (Å²) in [5.41, 5.74) is -0.364. The van der Waals surface area contributed by atoms with E-state index in [4.69, 9.17) is 5.11 Å². The number of carbonyl (C=O) groups is 2. The Hall–Kier alpha value is -2.18. The first-order valence-corrected chi connectivity index (χ1v) is 5.67. The number of hydrogen-bond donors (Lipinski definition) is 3. The van der Waals surface area contributed by atoms with Gasteiger partial charge in [0.1, 0.15) is 0 Å². The monoisotopic (exact) mass is 251 g/mol. The Morgan fingerprint density at radius 2 is 2.06 bits per heavy atom. The van der Waals surface area contributed by atoms with Gasteiger partial charge in [0.2, 0.25) is 5.91 Å². The van der Waals surface area contributed by atoms with Crippen molar-refractivity contribution in [2.45, 2.75) is 19.3 Å². The quantitative estimate of drug-likeness (QED) is 0.710. The minimum absolute atomic E-state index is 0.218. The molecule has 3 N–H and O–H groups in total. The SMILES string of the molecule is O=C(O)C1CCCC1C(=O)Nc1ccc(=O)[nH]n1. The molecule has 0 saturated heterocycles. The van der Waals surface area contributed by atoms with Crippen molar-refractivity contribution in [2.75, 3.05) is 5.32 Å². The van der Waals surface area contributed by atoms with E-state index in [-0.39, 0.29) is 17.3 Å². The van der Waals surface area contributed by atoms with Crippen LogP contribution >= 0.6 is 0 Å². The maximum atomic E-state index is 11.9. The zero-order valence-corrected chi connectivity index (χ0v) is 9.55. The van der Waals surface area contributed by atoms with E-state index in [1.807, 2.05) is 0 Å². The van der Waals surface area contributed by atoms with Gasteiger partial charge in [0, 0.05) is 6.07 Å². The number of H-pyrrole nitrogens is 1. The van der Waals surface area contributed by atoms with E-state index in [9.17, 15) is 14.4 Å². The molecule has 1 aliphatic carbocycles. The summed E-state index contributed by atoms with van der Waals surface area (Å²) in [6.07, 6.45) is 1.81. The molecule has 2 rings (SSSR count). The normalized spacial score (nSPS) is 22.7. The van der Waals surface area contributed by atoms with Crippen molar-refractivity contribution in [3.05, 3.63) is 22.5 Å². The fourth-order valence-electron chi connectivity index (χ4n) is 2.20. The van der Waals surface area contributed by atoms with E-state index >= 15 is 0 Å². The first-order valence-electron chi connectivity index (χ1n) is 5.67. The molecule has 1 aromatic heterocycles. The van der Waals surface area contributed by atoms with Crippen LogP contribution in [-0.2, 0) is 9.59 Å². The molecule has 1 amide bonds. The van der Waals surface area contributed by atoms with Crippen molar-refractivity contribution in [3.63, 3.8) is 0 Å². The third-order valence-corrected chi connectivity index (χ3v) is 3.10.